The van der Waals surface area contributed by atoms with Gasteiger partial charge >= 0.3 is 0 Å². The fourth-order valence-corrected chi connectivity index (χ4v) is 4.15. The fraction of sp³-hybridized carbons (Fsp3) is 0.160. The molecule has 37 heavy (non-hydrogen) atoms. The maximum Gasteiger partial charge on any atom is 0.289 e. The lowest BCUT2D eigenvalue weighted by atomic mass is 10.2. The van der Waals surface area contributed by atoms with Gasteiger partial charge in [-0.05, 0) is 66.3 Å². The van der Waals surface area contributed by atoms with Crippen molar-refractivity contribution in [3.05, 3.63) is 93.4 Å². The Labute approximate surface area is 222 Å². The lowest BCUT2D eigenvalue weighted by Gasteiger charge is -2.35. The molecule has 0 unspecified atom stereocenters. The second-order valence-corrected chi connectivity index (χ2v) is 8.86. The molecule has 3 aromatic rings. The quantitative estimate of drug-likeness (QED) is 0.205. The molecule has 0 bridgehead atoms. The van der Waals surface area contributed by atoms with Crippen molar-refractivity contribution in [3.8, 4) is 0 Å². The van der Waals surface area contributed by atoms with Crippen LogP contribution in [0.3, 0.4) is 0 Å². The topological polar surface area (TPSA) is 121 Å². The molecule has 4 rings (SSSR count). The summed E-state index contributed by atoms with van der Waals surface area (Å²) in [6, 6.07) is 15.2. The number of nitro benzene ring substituents is 1. The third-order valence-corrected chi connectivity index (χ3v) is 6.14. The molecular weight excluding hydrogens is 518 g/mol. The van der Waals surface area contributed by atoms with Crippen LogP contribution in [0.15, 0.2) is 71.4 Å². The summed E-state index contributed by atoms with van der Waals surface area (Å²) in [5, 5.41) is 16.6. The first kappa shape index (κ1) is 25.9. The van der Waals surface area contributed by atoms with E-state index in [0.717, 1.165) is 5.69 Å². The summed E-state index contributed by atoms with van der Waals surface area (Å²) < 4.78 is 5.20. The van der Waals surface area contributed by atoms with Gasteiger partial charge in [-0.1, -0.05) is 17.7 Å². The average Bonchev–Trinajstić information content (AvgIpc) is 3.43. The molecule has 2 amide bonds. The second-order valence-electron chi connectivity index (χ2n) is 8.05. The van der Waals surface area contributed by atoms with Gasteiger partial charge in [-0.25, -0.2) is 0 Å². The number of carbonyl (C=O) groups excluding carboxylic acids is 2. The molecule has 1 saturated heterocycles. The van der Waals surface area contributed by atoms with E-state index in [0.29, 0.717) is 43.2 Å². The maximum atomic E-state index is 12.4. The highest BCUT2D eigenvalue weighted by molar-refractivity contribution is 7.80. The normalized spacial score (nSPS) is 13.4. The Kier molecular flexibility index (Phi) is 8.16. The molecule has 2 N–H and O–H groups in total. The lowest BCUT2D eigenvalue weighted by molar-refractivity contribution is -0.384. The van der Waals surface area contributed by atoms with Gasteiger partial charge in [-0.15, -0.1) is 0 Å². The van der Waals surface area contributed by atoms with E-state index in [1.54, 1.807) is 23.1 Å². The zero-order valence-electron chi connectivity index (χ0n) is 19.4. The van der Waals surface area contributed by atoms with E-state index in [1.807, 2.05) is 24.3 Å². The number of nitrogens with zero attached hydrogens (tertiary/aromatic N) is 3. The Morgan fingerprint density at radius 1 is 1.08 bits per heavy atom. The number of benzene rings is 2. The highest BCUT2D eigenvalue weighted by Gasteiger charge is 2.23. The number of nitro groups is 1. The zero-order valence-corrected chi connectivity index (χ0v) is 21.0. The molecule has 0 aliphatic carbocycles. The number of anilines is 2. The van der Waals surface area contributed by atoms with E-state index in [-0.39, 0.29) is 21.7 Å². The minimum atomic E-state index is -0.590. The number of amides is 2. The summed E-state index contributed by atoms with van der Waals surface area (Å²) in [7, 11) is 0. The summed E-state index contributed by atoms with van der Waals surface area (Å²) in [5.74, 6) is -0.255. The monoisotopic (exact) mass is 539 g/mol. The maximum absolute atomic E-state index is 12.4. The number of thiocarbonyl (C=S) groups is 1. The summed E-state index contributed by atoms with van der Waals surface area (Å²) in [5.41, 5.74) is 1.91. The smallest absolute Gasteiger partial charge is 0.289 e. The SMILES string of the molecule is O=C(/C=C/c1ccc(Cl)c([N+](=O)[O-])c1)NC(=S)Nc1ccc(N2CCN(C(=O)c3ccco3)CC2)cc1. The predicted molar refractivity (Wildman–Crippen MR) is 145 cm³/mol. The van der Waals surface area contributed by atoms with E-state index >= 15 is 0 Å². The van der Waals surface area contributed by atoms with Crippen molar-refractivity contribution >= 4 is 63.9 Å². The van der Waals surface area contributed by atoms with Crippen molar-refractivity contribution in [1.29, 1.82) is 0 Å². The molecule has 1 aliphatic rings. The van der Waals surface area contributed by atoms with E-state index in [1.165, 1.54) is 30.5 Å². The van der Waals surface area contributed by atoms with Crippen LogP contribution in [-0.4, -0.2) is 52.9 Å². The van der Waals surface area contributed by atoms with Crippen LogP contribution in [0.4, 0.5) is 17.1 Å². The van der Waals surface area contributed by atoms with Gasteiger partial charge < -0.3 is 19.5 Å². The minimum absolute atomic E-state index is 0.0189. The Hall–Kier alpha value is -4.22. The molecule has 0 saturated carbocycles. The fourth-order valence-electron chi connectivity index (χ4n) is 3.74. The van der Waals surface area contributed by atoms with Crippen LogP contribution < -0.4 is 15.5 Å². The van der Waals surface area contributed by atoms with Crippen LogP contribution in [-0.2, 0) is 4.79 Å². The van der Waals surface area contributed by atoms with Crippen LogP contribution >= 0.6 is 23.8 Å². The molecule has 2 heterocycles. The number of carbonyl (C=O) groups is 2. The number of rotatable bonds is 6. The van der Waals surface area contributed by atoms with E-state index in [2.05, 4.69) is 15.5 Å². The molecule has 0 spiro atoms. The highest BCUT2D eigenvalue weighted by atomic mass is 35.5. The Morgan fingerprint density at radius 3 is 2.46 bits per heavy atom. The Morgan fingerprint density at radius 2 is 1.81 bits per heavy atom. The van der Waals surface area contributed by atoms with Crippen LogP contribution in [0.1, 0.15) is 16.1 Å². The van der Waals surface area contributed by atoms with E-state index in [4.69, 9.17) is 28.2 Å². The molecular formula is C25H22ClN5O5S. The van der Waals surface area contributed by atoms with Crippen molar-refractivity contribution in [1.82, 2.24) is 10.2 Å². The van der Waals surface area contributed by atoms with Crippen molar-refractivity contribution in [2.45, 2.75) is 0 Å². The highest BCUT2D eigenvalue weighted by Crippen LogP contribution is 2.25. The van der Waals surface area contributed by atoms with Crippen molar-refractivity contribution in [2.75, 3.05) is 36.4 Å². The van der Waals surface area contributed by atoms with Crippen LogP contribution in [0.2, 0.25) is 5.02 Å². The minimum Gasteiger partial charge on any atom is -0.459 e. The largest absolute Gasteiger partial charge is 0.459 e. The summed E-state index contributed by atoms with van der Waals surface area (Å²) in [4.78, 5) is 39.0. The molecule has 1 aliphatic heterocycles. The van der Waals surface area contributed by atoms with Gasteiger partial charge in [0, 0.05) is 49.7 Å². The number of halogens is 1. The molecule has 10 nitrogen and oxygen atoms in total. The van der Waals surface area contributed by atoms with Crippen molar-refractivity contribution < 1.29 is 18.9 Å². The first-order chi connectivity index (χ1) is 17.8. The van der Waals surface area contributed by atoms with Gasteiger partial charge in [0.05, 0.1) is 11.2 Å². The number of piperazine rings is 1. The molecule has 190 valence electrons. The van der Waals surface area contributed by atoms with Crippen LogP contribution in [0.5, 0.6) is 0 Å². The third kappa shape index (κ3) is 6.72. The first-order valence-electron chi connectivity index (χ1n) is 11.2. The Balaban J connectivity index is 1.25. The molecule has 12 heteroatoms. The van der Waals surface area contributed by atoms with Gasteiger partial charge in [0.2, 0.25) is 5.91 Å². The summed E-state index contributed by atoms with van der Waals surface area (Å²) in [6.07, 6.45) is 4.14. The number of furan rings is 1. The van der Waals surface area contributed by atoms with Crippen LogP contribution in [0, 0.1) is 10.1 Å². The molecule has 1 aromatic heterocycles. The zero-order chi connectivity index (χ0) is 26.4. The average molecular weight is 540 g/mol. The van der Waals surface area contributed by atoms with Crippen molar-refractivity contribution in [3.63, 3.8) is 0 Å². The van der Waals surface area contributed by atoms with Gasteiger partial charge in [-0.2, -0.15) is 0 Å². The van der Waals surface area contributed by atoms with Gasteiger partial charge in [0.25, 0.3) is 11.6 Å². The lowest BCUT2D eigenvalue weighted by Crippen LogP contribution is -2.48. The Bertz CT molecular complexity index is 1340. The third-order valence-electron chi connectivity index (χ3n) is 5.62. The molecule has 2 aromatic carbocycles. The summed E-state index contributed by atoms with van der Waals surface area (Å²) in [6.45, 7) is 2.56. The van der Waals surface area contributed by atoms with Gasteiger partial charge in [0.1, 0.15) is 5.02 Å². The number of hydrogen-bond donors (Lipinski definition) is 2. The molecule has 1 fully saturated rings. The van der Waals surface area contributed by atoms with E-state index in [9.17, 15) is 19.7 Å². The van der Waals surface area contributed by atoms with Crippen LogP contribution in [0.25, 0.3) is 6.08 Å². The van der Waals surface area contributed by atoms with E-state index < -0.39 is 10.8 Å². The number of hydrogen-bond acceptors (Lipinski definition) is 7. The van der Waals surface area contributed by atoms with Gasteiger partial charge in [0.15, 0.2) is 10.9 Å². The molecule has 0 radical (unpaired) electrons. The van der Waals surface area contributed by atoms with Gasteiger partial charge in [-0.3, -0.25) is 25.0 Å². The molecule has 0 atom stereocenters. The number of nitrogens with one attached hydrogen (secondary N) is 2. The summed E-state index contributed by atoms with van der Waals surface area (Å²) >= 11 is 11.0. The second kappa shape index (κ2) is 11.7. The first-order valence-corrected chi connectivity index (χ1v) is 12.0. The van der Waals surface area contributed by atoms with Crippen molar-refractivity contribution in [2.24, 2.45) is 0 Å². The standard InChI is InChI=1S/C25H22ClN5O5S/c26-20-9-3-17(16-21(20)31(34)35)4-10-23(32)28-25(37)27-18-5-7-19(8-6-18)29-11-13-30(14-12-29)24(33)22-2-1-15-36-22/h1-10,15-16H,11-14H2,(H2,27,28,32,37)/b10-4+. The predicted octanol–water partition coefficient (Wildman–Crippen LogP) is 4.33.